The van der Waals surface area contributed by atoms with Crippen molar-refractivity contribution in [3.8, 4) is 0 Å². The van der Waals surface area contributed by atoms with Gasteiger partial charge < -0.3 is 11.1 Å². The first kappa shape index (κ1) is 14.0. The summed E-state index contributed by atoms with van der Waals surface area (Å²) in [6.45, 7) is 4.04. The van der Waals surface area contributed by atoms with E-state index in [-0.39, 0.29) is 5.91 Å². The Morgan fingerprint density at radius 1 is 1.32 bits per heavy atom. The first-order valence-electron chi connectivity index (χ1n) is 6.65. The average molecular weight is 276 g/mol. The minimum absolute atomic E-state index is 0.0498. The van der Waals surface area contributed by atoms with Crippen LogP contribution in [-0.2, 0) is 4.79 Å². The second-order valence-electron chi connectivity index (χ2n) is 5.36. The van der Waals surface area contributed by atoms with Gasteiger partial charge in [-0.3, -0.25) is 4.79 Å². The molecule has 0 saturated heterocycles. The molecular weight excluding hydrogens is 256 g/mol. The van der Waals surface area contributed by atoms with Crippen molar-refractivity contribution in [1.29, 1.82) is 0 Å². The van der Waals surface area contributed by atoms with E-state index in [1.54, 1.807) is 0 Å². The molecule has 0 aromatic heterocycles. The summed E-state index contributed by atoms with van der Waals surface area (Å²) in [6, 6.07) is 5.90. The zero-order valence-electron chi connectivity index (χ0n) is 11.5. The summed E-state index contributed by atoms with van der Waals surface area (Å²) in [5.74, 6) is -0.0498. The molecule has 3 nitrogen and oxygen atoms in total. The van der Waals surface area contributed by atoms with Crippen LogP contribution in [0.5, 0.6) is 0 Å². The number of rotatable bonds is 3. The molecule has 0 heterocycles. The van der Waals surface area contributed by atoms with Crippen molar-refractivity contribution in [2.75, 3.05) is 5.32 Å². The predicted molar refractivity (Wildman–Crippen MR) is 82.2 cm³/mol. The largest absolute Gasteiger partial charge is 0.392 e. The number of nitrogens with two attached hydrogens (primary N) is 1. The van der Waals surface area contributed by atoms with Gasteiger partial charge in [-0.25, -0.2) is 0 Å². The summed E-state index contributed by atoms with van der Waals surface area (Å²) in [4.78, 5) is 12.9. The molecule has 1 aromatic carbocycles. The van der Waals surface area contributed by atoms with E-state index in [2.05, 4.69) is 5.32 Å². The van der Waals surface area contributed by atoms with E-state index < -0.39 is 5.41 Å². The fourth-order valence-electron chi connectivity index (χ4n) is 2.69. The number of amides is 1. The lowest BCUT2D eigenvalue weighted by atomic mass is 9.85. The SMILES string of the molecule is Cc1cccc(NC(=O)C2(C(N)=S)CCCC2)c1C. The maximum atomic E-state index is 12.6. The van der Waals surface area contributed by atoms with Gasteiger partial charge in [0.15, 0.2) is 0 Å². The van der Waals surface area contributed by atoms with Crippen molar-refractivity contribution in [2.24, 2.45) is 11.1 Å². The fourth-order valence-corrected chi connectivity index (χ4v) is 2.99. The number of hydrogen-bond acceptors (Lipinski definition) is 2. The second-order valence-corrected chi connectivity index (χ2v) is 5.79. The van der Waals surface area contributed by atoms with Gasteiger partial charge in [-0.15, -0.1) is 0 Å². The van der Waals surface area contributed by atoms with Crippen LogP contribution < -0.4 is 11.1 Å². The minimum atomic E-state index is -0.647. The summed E-state index contributed by atoms with van der Waals surface area (Å²) < 4.78 is 0. The summed E-state index contributed by atoms with van der Waals surface area (Å²) >= 11 is 5.14. The zero-order chi connectivity index (χ0) is 14.0. The molecule has 0 aliphatic heterocycles. The minimum Gasteiger partial charge on any atom is -0.392 e. The summed E-state index contributed by atoms with van der Waals surface area (Å²) in [6.07, 6.45) is 3.55. The average Bonchev–Trinajstić information content (AvgIpc) is 2.85. The Bertz CT molecular complexity index is 519. The second kappa shape index (κ2) is 5.29. The van der Waals surface area contributed by atoms with Crippen LogP contribution >= 0.6 is 12.2 Å². The van der Waals surface area contributed by atoms with Crippen LogP contribution in [0.3, 0.4) is 0 Å². The standard InChI is InChI=1S/C15H20N2OS/c1-10-6-5-7-12(11(10)2)17-14(18)15(13(16)19)8-3-4-9-15/h5-7H,3-4,8-9H2,1-2H3,(H2,16,19)(H,17,18). The number of aryl methyl sites for hydroxylation is 1. The van der Waals surface area contributed by atoms with Gasteiger partial charge in [0.25, 0.3) is 0 Å². The van der Waals surface area contributed by atoms with Crippen molar-refractivity contribution in [3.05, 3.63) is 29.3 Å². The highest BCUT2D eigenvalue weighted by molar-refractivity contribution is 7.80. The van der Waals surface area contributed by atoms with Crippen molar-refractivity contribution in [1.82, 2.24) is 0 Å². The molecule has 3 N–H and O–H groups in total. The lowest BCUT2D eigenvalue weighted by Crippen LogP contribution is -2.44. The number of anilines is 1. The molecule has 4 heteroatoms. The van der Waals surface area contributed by atoms with Gasteiger partial charge in [-0.05, 0) is 43.9 Å². The van der Waals surface area contributed by atoms with Crippen molar-refractivity contribution in [2.45, 2.75) is 39.5 Å². The molecule has 0 spiro atoms. The first-order chi connectivity index (χ1) is 8.97. The number of carbonyl (C=O) groups excluding carboxylic acids is 1. The number of thiocarbonyl (C=S) groups is 1. The Hall–Kier alpha value is -1.42. The van der Waals surface area contributed by atoms with Crippen LogP contribution in [-0.4, -0.2) is 10.9 Å². The Labute approximate surface area is 119 Å². The highest BCUT2D eigenvalue weighted by atomic mass is 32.1. The molecule has 102 valence electrons. The van der Waals surface area contributed by atoms with Gasteiger partial charge in [-0.1, -0.05) is 37.2 Å². The van der Waals surface area contributed by atoms with E-state index >= 15 is 0 Å². The zero-order valence-corrected chi connectivity index (χ0v) is 12.3. The van der Waals surface area contributed by atoms with Crippen molar-refractivity contribution >= 4 is 28.8 Å². The molecule has 1 fully saturated rings. The number of hydrogen-bond donors (Lipinski definition) is 2. The topological polar surface area (TPSA) is 55.1 Å². The van der Waals surface area contributed by atoms with Gasteiger partial charge in [0.1, 0.15) is 0 Å². The van der Waals surface area contributed by atoms with E-state index in [4.69, 9.17) is 18.0 Å². The molecule has 0 bridgehead atoms. The Balaban J connectivity index is 2.25. The maximum absolute atomic E-state index is 12.6. The molecule has 2 rings (SSSR count). The van der Waals surface area contributed by atoms with E-state index in [1.165, 1.54) is 0 Å². The van der Waals surface area contributed by atoms with E-state index in [0.29, 0.717) is 4.99 Å². The molecular formula is C15H20N2OS. The smallest absolute Gasteiger partial charge is 0.237 e. The van der Waals surface area contributed by atoms with Crippen LogP contribution in [0.25, 0.3) is 0 Å². The Morgan fingerprint density at radius 2 is 1.95 bits per heavy atom. The normalized spacial score (nSPS) is 17.2. The highest BCUT2D eigenvalue weighted by Gasteiger charge is 2.44. The Kier molecular flexibility index (Phi) is 3.90. The van der Waals surface area contributed by atoms with Crippen molar-refractivity contribution < 1.29 is 4.79 Å². The summed E-state index contributed by atoms with van der Waals surface area (Å²) in [5, 5.41) is 3.01. The molecule has 0 atom stereocenters. The molecule has 19 heavy (non-hydrogen) atoms. The van der Waals surface area contributed by atoms with Gasteiger partial charge in [0, 0.05) is 5.69 Å². The molecule has 1 aliphatic rings. The third-order valence-corrected chi connectivity index (χ3v) is 4.61. The quantitative estimate of drug-likeness (QED) is 0.834. The fraction of sp³-hybridized carbons (Fsp3) is 0.467. The molecule has 1 aliphatic carbocycles. The van der Waals surface area contributed by atoms with Crippen LogP contribution in [0.2, 0.25) is 0 Å². The van der Waals surface area contributed by atoms with E-state index in [9.17, 15) is 4.79 Å². The molecule has 1 amide bonds. The third kappa shape index (κ3) is 2.50. The monoisotopic (exact) mass is 276 g/mol. The third-order valence-electron chi connectivity index (χ3n) is 4.22. The lowest BCUT2D eigenvalue weighted by molar-refractivity contribution is -0.122. The number of benzene rings is 1. The van der Waals surface area contributed by atoms with Gasteiger partial charge >= 0.3 is 0 Å². The van der Waals surface area contributed by atoms with Gasteiger partial charge in [0.05, 0.1) is 10.4 Å². The lowest BCUT2D eigenvalue weighted by Gasteiger charge is -2.26. The van der Waals surface area contributed by atoms with Crippen LogP contribution in [0.1, 0.15) is 36.8 Å². The summed E-state index contributed by atoms with van der Waals surface area (Å²) in [7, 11) is 0. The van der Waals surface area contributed by atoms with Crippen LogP contribution in [0.15, 0.2) is 18.2 Å². The Morgan fingerprint density at radius 3 is 2.53 bits per heavy atom. The van der Waals surface area contributed by atoms with Gasteiger partial charge in [-0.2, -0.15) is 0 Å². The van der Waals surface area contributed by atoms with Crippen LogP contribution in [0.4, 0.5) is 5.69 Å². The summed E-state index contributed by atoms with van der Waals surface area (Å²) in [5.41, 5.74) is 8.28. The predicted octanol–water partition coefficient (Wildman–Crippen LogP) is 3.09. The van der Waals surface area contributed by atoms with Gasteiger partial charge in [0.2, 0.25) is 5.91 Å². The molecule has 1 aromatic rings. The van der Waals surface area contributed by atoms with E-state index in [1.807, 2.05) is 32.0 Å². The molecule has 0 unspecified atom stereocenters. The molecule has 0 radical (unpaired) electrons. The van der Waals surface area contributed by atoms with E-state index in [0.717, 1.165) is 42.5 Å². The van der Waals surface area contributed by atoms with Crippen LogP contribution in [0, 0.1) is 19.3 Å². The highest BCUT2D eigenvalue weighted by Crippen LogP contribution is 2.39. The van der Waals surface area contributed by atoms with Crippen molar-refractivity contribution in [3.63, 3.8) is 0 Å². The maximum Gasteiger partial charge on any atom is 0.237 e. The first-order valence-corrected chi connectivity index (χ1v) is 7.06. The molecule has 1 saturated carbocycles. The number of nitrogens with one attached hydrogen (secondary N) is 1. The number of carbonyl (C=O) groups is 1.